The van der Waals surface area contributed by atoms with Gasteiger partial charge in [0.25, 0.3) is 0 Å². The van der Waals surface area contributed by atoms with Crippen molar-refractivity contribution in [1.82, 2.24) is 19.9 Å². The fourth-order valence-electron chi connectivity index (χ4n) is 3.09. The smallest absolute Gasteiger partial charge is 0.220 e. The van der Waals surface area contributed by atoms with Crippen molar-refractivity contribution in [3.63, 3.8) is 0 Å². The molecule has 0 saturated carbocycles. The van der Waals surface area contributed by atoms with Crippen LogP contribution in [-0.2, 0) is 4.79 Å². The van der Waals surface area contributed by atoms with Crippen LogP contribution in [0.15, 0.2) is 24.4 Å². The molecule has 0 aromatic carbocycles. The number of hydrogen-bond acceptors (Lipinski definition) is 6. The van der Waals surface area contributed by atoms with Gasteiger partial charge in [-0.05, 0) is 49.8 Å². The van der Waals surface area contributed by atoms with Gasteiger partial charge in [0.15, 0.2) is 11.5 Å². The summed E-state index contributed by atoms with van der Waals surface area (Å²) < 4.78 is 1.97. The first-order valence-corrected chi connectivity index (χ1v) is 12.9. The minimum absolute atomic E-state index is 0.0888. The SMILES string of the molecule is CSCCC(NC(=O)CCCCC1CCSS1)c1nnc2ccccn12. The van der Waals surface area contributed by atoms with Crippen LogP contribution in [0.3, 0.4) is 0 Å². The van der Waals surface area contributed by atoms with Gasteiger partial charge in [-0.15, -0.1) is 10.2 Å². The van der Waals surface area contributed by atoms with Crippen LogP contribution >= 0.6 is 33.3 Å². The number of nitrogens with zero attached hydrogens (tertiary/aromatic N) is 3. The predicted molar refractivity (Wildman–Crippen MR) is 114 cm³/mol. The van der Waals surface area contributed by atoms with Crippen LogP contribution in [0, 0.1) is 0 Å². The molecule has 2 aromatic rings. The first-order valence-electron chi connectivity index (χ1n) is 9.14. The van der Waals surface area contributed by atoms with Crippen LogP contribution in [0.1, 0.15) is 50.4 Å². The summed E-state index contributed by atoms with van der Waals surface area (Å²) in [6, 6.07) is 5.76. The molecule has 1 fully saturated rings. The number of thioether (sulfide) groups is 1. The van der Waals surface area contributed by atoms with Gasteiger partial charge in [0, 0.05) is 23.6 Å². The van der Waals surface area contributed by atoms with Gasteiger partial charge in [-0.25, -0.2) is 0 Å². The number of pyridine rings is 1. The lowest BCUT2D eigenvalue weighted by Gasteiger charge is -2.17. The van der Waals surface area contributed by atoms with Crippen LogP contribution in [-0.4, -0.2) is 43.5 Å². The summed E-state index contributed by atoms with van der Waals surface area (Å²) in [5, 5.41) is 12.5. The molecule has 1 amide bonds. The van der Waals surface area contributed by atoms with E-state index in [4.69, 9.17) is 0 Å². The van der Waals surface area contributed by atoms with Crippen molar-refractivity contribution in [1.29, 1.82) is 0 Å². The van der Waals surface area contributed by atoms with Crippen LogP contribution in [0.2, 0.25) is 0 Å². The highest BCUT2D eigenvalue weighted by Crippen LogP contribution is 2.39. The van der Waals surface area contributed by atoms with E-state index in [1.54, 1.807) is 11.8 Å². The van der Waals surface area contributed by atoms with E-state index in [2.05, 4.69) is 21.8 Å². The molecule has 0 radical (unpaired) electrons. The topological polar surface area (TPSA) is 59.3 Å². The highest BCUT2D eigenvalue weighted by atomic mass is 33.1. The number of amides is 1. The highest BCUT2D eigenvalue weighted by Gasteiger charge is 2.20. The van der Waals surface area contributed by atoms with E-state index in [9.17, 15) is 4.79 Å². The number of fused-ring (bicyclic) bond motifs is 1. The molecule has 1 aliphatic heterocycles. The molecule has 0 aliphatic carbocycles. The maximum absolute atomic E-state index is 12.5. The van der Waals surface area contributed by atoms with Gasteiger partial charge in [-0.2, -0.15) is 11.8 Å². The number of carbonyl (C=O) groups excluding carboxylic acids is 1. The molecule has 1 saturated heterocycles. The molecular weight excluding hydrogens is 384 g/mol. The third kappa shape index (κ3) is 5.57. The average Bonchev–Trinajstić information content (AvgIpc) is 3.32. The van der Waals surface area contributed by atoms with Crippen molar-refractivity contribution in [2.75, 3.05) is 17.8 Å². The molecule has 0 spiro atoms. The maximum Gasteiger partial charge on any atom is 0.220 e. The Hall–Kier alpha value is -0.860. The Morgan fingerprint density at radius 2 is 2.35 bits per heavy atom. The minimum Gasteiger partial charge on any atom is -0.346 e. The van der Waals surface area contributed by atoms with Gasteiger partial charge < -0.3 is 5.32 Å². The molecular formula is C18H26N4OS3. The number of hydrogen-bond donors (Lipinski definition) is 1. The normalized spacial score (nSPS) is 18.3. The highest BCUT2D eigenvalue weighted by molar-refractivity contribution is 8.77. The fourth-order valence-corrected chi connectivity index (χ4v) is 6.59. The van der Waals surface area contributed by atoms with E-state index >= 15 is 0 Å². The first-order chi connectivity index (χ1) is 12.8. The molecule has 2 unspecified atom stereocenters. The molecule has 1 aliphatic rings. The lowest BCUT2D eigenvalue weighted by atomic mass is 10.1. The van der Waals surface area contributed by atoms with Gasteiger partial charge >= 0.3 is 0 Å². The molecule has 0 bridgehead atoms. The fraction of sp³-hybridized carbons (Fsp3) is 0.611. The summed E-state index contributed by atoms with van der Waals surface area (Å²) >= 11 is 1.78. The van der Waals surface area contributed by atoms with E-state index in [1.807, 2.05) is 50.4 Å². The zero-order valence-corrected chi connectivity index (χ0v) is 17.5. The Kier molecular flexibility index (Phi) is 8.01. The van der Waals surface area contributed by atoms with Gasteiger partial charge in [-0.3, -0.25) is 9.20 Å². The number of aromatic nitrogens is 3. The second kappa shape index (κ2) is 10.5. The molecule has 8 heteroatoms. The summed E-state index contributed by atoms with van der Waals surface area (Å²) in [7, 11) is 4.00. The molecule has 5 nitrogen and oxygen atoms in total. The van der Waals surface area contributed by atoms with Gasteiger partial charge in [-0.1, -0.05) is 34.1 Å². The van der Waals surface area contributed by atoms with E-state index in [-0.39, 0.29) is 11.9 Å². The Bertz CT molecular complexity index is 703. The lowest BCUT2D eigenvalue weighted by molar-refractivity contribution is -0.122. The van der Waals surface area contributed by atoms with Gasteiger partial charge in [0.05, 0.1) is 6.04 Å². The van der Waals surface area contributed by atoms with Crippen LogP contribution in [0.4, 0.5) is 0 Å². The molecule has 26 heavy (non-hydrogen) atoms. The maximum atomic E-state index is 12.5. The molecule has 2 atom stereocenters. The van der Waals surface area contributed by atoms with E-state index in [1.165, 1.54) is 18.6 Å². The molecule has 3 rings (SSSR count). The zero-order chi connectivity index (χ0) is 18.2. The van der Waals surface area contributed by atoms with Crippen molar-refractivity contribution in [3.8, 4) is 0 Å². The number of unbranched alkanes of at least 4 members (excludes halogenated alkanes) is 1. The summed E-state index contributed by atoms with van der Waals surface area (Å²) in [5.41, 5.74) is 0.817. The minimum atomic E-state index is -0.0888. The van der Waals surface area contributed by atoms with E-state index < -0.39 is 0 Å². The largest absolute Gasteiger partial charge is 0.346 e. The quantitative estimate of drug-likeness (QED) is 0.464. The second-order valence-corrected chi connectivity index (χ2v) is 10.2. The Balaban J connectivity index is 1.53. The van der Waals surface area contributed by atoms with Crippen LogP contribution in [0.5, 0.6) is 0 Å². The van der Waals surface area contributed by atoms with Crippen molar-refractivity contribution in [3.05, 3.63) is 30.2 Å². The summed E-state index contributed by atoms with van der Waals surface area (Å²) in [6.45, 7) is 0. The summed E-state index contributed by atoms with van der Waals surface area (Å²) in [6.07, 6.45) is 10.1. The number of carbonyl (C=O) groups is 1. The van der Waals surface area contributed by atoms with Crippen molar-refractivity contribution < 1.29 is 4.79 Å². The number of rotatable bonds is 10. The van der Waals surface area contributed by atoms with Crippen molar-refractivity contribution in [2.24, 2.45) is 0 Å². The monoisotopic (exact) mass is 410 g/mol. The Labute approximate surface area is 167 Å². The molecule has 3 heterocycles. The second-order valence-electron chi connectivity index (χ2n) is 6.46. The lowest BCUT2D eigenvalue weighted by Crippen LogP contribution is -2.30. The Morgan fingerprint density at radius 1 is 1.42 bits per heavy atom. The zero-order valence-electron chi connectivity index (χ0n) is 15.1. The Morgan fingerprint density at radius 3 is 3.15 bits per heavy atom. The van der Waals surface area contributed by atoms with E-state index in [0.717, 1.165) is 41.7 Å². The van der Waals surface area contributed by atoms with Gasteiger partial charge in [0.1, 0.15) is 0 Å². The predicted octanol–water partition coefficient (Wildman–Crippen LogP) is 4.35. The van der Waals surface area contributed by atoms with Gasteiger partial charge in [0.2, 0.25) is 5.91 Å². The molecule has 142 valence electrons. The third-order valence-corrected chi connectivity index (χ3v) is 8.16. The van der Waals surface area contributed by atoms with Crippen molar-refractivity contribution in [2.45, 2.75) is 49.8 Å². The van der Waals surface area contributed by atoms with Crippen LogP contribution in [0.25, 0.3) is 5.65 Å². The third-order valence-electron chi connectivity index (χ3n) is 4.50. The van der Waals surface area contributed by atoms with Crippen molar-refractivity contribution >= 4 is 44.9 Å². The molecule has 1 N–H and O–H groups in total. The standard InChI is InChI=1S/C18H26N4OS3/c1-24-12-10-15(18-21-20-16-7-4-5-11-22(16)18)19-17(23)8-3-2-6-14-9-13-25-26-14/h4-5,7,11,14-15H,2-3,6,8-10,12-13H2,1H3,(H,19,23). The van der Waals surface area contributed by atoms with E-state index in [0.29, 0.717) is 6.42 Å². The van der Waals surface area contributed by atoms with Crippen LogP contribution < -0.4 is 5.32 Å². The first kappa shape index (κ1) is 19.9. The summed E-state index contributed by atoms with van der Waals surface area (Å²) in [4.78, 5) is 12.5. The summed E-state index contributed by atoms with van der Waals surface area (Å²) in [5.74, 6) is 3.20. The average molecular weight is 411 g/mol. The molecule has 2 aromatic heterocycles. The number of nitrogens with one attached hydrogen (secondary N) is 1.